The molecule has 1 fully saturated rings. The van der Waals surface area contributed by atoms with Crippen molar-refractivity contribution in [3.63, 3.8) is 0 Å². The Morgan fingerprint density at radius 3 is 3.00 bits per heavy atom. The number of hydrogen-bond acceptors (Lipinski definition) is 2. The van der Waals surface area contributed by atoms with Crippen LogP contribution in [0.25, 0.3) is 0 Å². The molecule has 1 unspecified atom stereocenters. The van der Waals surface area contributed by atoms with Gasteiger partial charge in [0.1, 0.15) is 0 Å². The van der Waals surface area contributed by atoms with Crippen LogP contribution in [-0.2, 0) is 6.54 Å². The van der Waals surface area contributed by atoms with Crippen molar-refractivity contribution in [3.05, 3.63) is 31.6 Å². The molecule has 0 aromatic carbocycles. The highest BCUT2D eigenvalue weighted by Crippen LogP contribution is 2.14. The predicted octanol–water partition coefficient (Wildman–Crippen LogP) is 2.91. The van der Waals surface area contributed by atoms with E-state index in [0.29, 0.717) is 10.5 Å². The SMILES string of the molecule is O=c1c(Br)cc(Br)cn1CCCC1CCCN1. The summed E-state index contributed by atoms with van der Waals surface area (Å²) >= 11 is 6.68. The van der Waals surface area contributed by atoms with Crippen LogP contribution in [0.1, 0.15) is 25.7 Å². The maximum Gasteiger partial charge on any atom is 0.264 e. The summed E-state index contributed by atoms with van der Waals surface area (Å²) in [5, 5.41) is 3.47. The molecule has 3 nitrogen and oxygen atoms in total. The van der Waals surface area contributed by atoms with Gasteiger partial charge in [0.2, 0.25) is 0 Å². The molecule has 94 valence electrons. The summed E-state index contributed by atoms with van der Waals surface area (Å²) in [6, 6.07) is 2.44. The number of pyridine rings is 1. The lowest BCUT2D eigenvalue weighted by molar-refractivity contribution is 0.496. The van der Waals surface area contributed by atoms with Gasteiger partial charge < -0.3 is 9.88 Å². The molecule has 2 heterocycles. The summed E-state index contributed by atoms with van der Waals surface area (Å²) in [5.41, 5.74) is 0.0487. The summed E-state index contributed by atoms with van der Waals surface area (Å²) in [6.07, 6.45) is 6.61. The van der Waals surface area contributed by atoms with Gasteiger partial charge in [-0.15, -0.1) is 0 Å². The Hall–Kier alpha value is -0.130. The second kappa shape index (κ2) is 6.16. The van der Waals surface area contributed by atoms with Gasteiger partial charge in [0.15, 0.2) is 0 Å². The van der Waals surface area contributed by atoms with E-state index in [1.807, 2.05) is 6.20 Å². The van der Waals surface area contributed by atoms with E-state index in [0.717, 1.165) is 30.4 Å². The molecular weight excluding hydrogens is 348 g/mol. The van der Waals surface area contributed by atoms with Crippen molar-refractivity contribution < 1.29 is 0 Å². The van der Waals surface area contributed by atoms with Gasteiger partial charge in [-0.3, -0.25) is 4.79 Å². The molecule has 0 radical (unpaired) electrons. The Balaban J connectivity index is 1.92. The molecule has 0 spiro atoms. The normalized spacial score (nSPS) is 19.8. The third-order valence-corrected chi connectivity index (χ3v) is 4.12. The number of aromatic nitrogens is 1. The minimum absolute atomic E-state index is 0.0487. The molecule has 2 rings (SSSR count). The smallest absolute Gasteiger partial charge is 0.264 e. The molecule has 1 aromatic rings. The minimum Gasteiger partial charge on any atom is -0.314 e. The Morgan fingerprint density at radius 1 is 1.47 bits per heavy atom. The quantitative estimate of drug-likeness (QED) is 0.892. The molecule has 1 atom stereocenters. The van der Waals surface area contributed by atoms with Crippen LogP contribution in [0.4, 0.5) is 0 Å². The molecule has 0 aliphatic carbocycles. The fourth-order valence-electron chi connectivity index (χ4n) is 2.24. The maximum absolute atomic E-state index is 11.8. The zero-order chi connectivity index (χ0) is 12.3. The molecule has 1 aliphatic heterocycles. The van der Waals surface area contributed by atoms with Crippen LogP contribution in [0.15, 0.2) is 26.0 Å². The van der Waals surface area contributed by atoms with Crippen molar-refractivity contribution in [2.24, 2.45) is 0 Å². The first-order chi connectivity index (χ1) is 8.16. The van der Waals surface area contributed by atoms with Gasteiger partial charge >= 0.3 is 0 Å². The van der Waals surface area contributed by atoms with Gasteiger partial charge in [0.25, 0.3) is 5.56 Å². The number of hydrogen-bond donors (Lipinski definition) is 1. The van der Waals surface area contributed by atoms with E-state index in [4.69, 9.17) is 0 Å². The van der Waals surface area contributed by atoms with Crippen molar-refractivity contribution in [1.29, 1.82) is 0 Å². The van der Waals surface area contributed by atoms with Crippen LogP contribution in [0.2, 0.25) is 0 Å². The van der Waals surface area contributed by atoms with Gasteiger partial charge in [-0.1, -0.05) is 0 Å². The zero-order valence-electron chi connectivity index (χ0n) is 9.59. The van der Waals surface area contributed by atoms with Crippen molar-refractivity contribution in [3.8, 4) is 0 Å². The molecule has 0 bridgehead atoms. The highest BCUT2D eigenvalue weighted by Gasteiger charge is 2.13. The van der Waals surface area contributed by atoms with Crippen molar-refractivity contribution in [2.45, 2.75) is 38.3 Å². The topological polar surface area (TPSA) is 34.0 Å². The summed E-state index contributed by atoms with van der Waals surface area (Å²) in [5.74, 6) is 0. The lowest BCUT2D eigenvalue weighted by Crippen LogP contribution is -2.24. The van der Waals surface area contributed by atoms with E-state index in [1.54, 1.807) is 10.6 Å². The average Bonchev–Trinajstić information content (AvgIpc) is 2.78. The van der Waals surface area contributed by atoms with Crippen LogP contribution in [-0.4, -0.2) is 17.2 Å². The van der Waals surface area contributed by atoms with Crippen LogP contribution >= 0.6 is 31.9 Å². The van der Waals surface area contributed by atoms with Crippen LogP contribution in [0.3, 0.4) is 0 Å². The van der Waals surface area contributed by atoms with Gasteiger partial charge in [0, 0.05) is 23.3 Å². The lowest BCUT2D eigenvalue weighted by atomic mass is 10.1. The Labute approximate surface area is 118 Å². The summed E-state index contributed by atoms with van der Waals surface area (Å²) in [4.78, 5) is 11.8. The zero-order valence-corrected chi connectivity index (χ0v) is 12.8. The Bertz CT molecular complexity index is 439. The van der Waals surface area contributed by atoms with Crippen LogP contribution in [0.5, 0.6) is 0 Å². The van der Waals surface area contributed by atoms with Gasteiger partial charge in [-0.05, 0) is 70.2 Å². The molecule has 1 N–H and O–H groups in total. The maximum atomic E-state index is 11.8. The molecule has 1 aliphatic rings. The van der Waals surface area contributed by atoms with Crippen molar-refractivity contribution in [1.82, 2.24) is 9.88 Å². The number of nitrogens with zero attached hydrogens (tertiary/aromatic N) is 1. The predicted molar refractivity (Wildman–Crippen MR) is 76.4 cm³/mol. The Morgan fingerprint density at radius 2 is 2.29 bits per heavy atom. The van der Waals surface area contributed by atoms with E-state index >= 15 is 0 Å². The standard InChI is InChI=1S/C12H16Br2N2O/c13-9-7-11(14)12(17)16(8-9)6-2-4-10-3-1-5-15-10/h7-8,10,15H,1-6H2. The van der Waals surface area contributed by atoms with E-state index in [1.165, 1.54) is 12.8 Å². The lowest BCUT2D eigenvalue weighted by Gasteiger charge is -2.11. The van der Waals surface area contributed by atoms with E-state index in [-0.39, 0.29) is 5.56 Å². The summed E-state index contributed by atoms with van der Waals surface area (Å²) in [7, 11) is 0. The fraction of sp³-hybridized carbons (Fsp3) is 0.583. The third-order valence-electron chi connectivity index (χ3n) is 3.12. The number of halogens is 2. The second-order valence-corrected chi connectivity index (χ2v) is 6.21. The van der Waals surface area contributed by atoms with Crippen molar-refractivity contribution >= 4 is 31.9 Å². The fourth-order valence-corrected chi connectivity index (χ4v) is 3.50. The molecule has 5 heteroatoms. The number of aryl methyl sites for hydroxylation is 1. The largest absolute Gasteiger partial charge is 0.314 e. The van der Waals surface area contributed by atoms with E-state index in [9.17, 15) is 4.79 Å². The van der Waals surface area contributed by atoms with Crippen LogP contribution < -0.4 is 10.9 Å². The van der Waals surface area contributed by atoms with E-state index in [2.05, 4.69) is 37.2 Å². The highest BCUT2D eigenvalue weighted by atomic mass is 79.9. The molecule has 17 heavy (non-hydrogen) atoms. The summed E-state index contributed by atoms with van der Waals surface area (Å²) in [6.45, 7) is 1.93. The first-order valence-electron chi connectivity index (χ1n) is 5.95. The monoisotopic (exact) mass is 362 g/mol. The van der Waals surface area contributed by atoms with E-state index < -0.39 is 0 Å². The molecule has 1 aromatic heterocycles. The molecule has 0 amide bonds. The number of nitrogens with one attached hydrogen (secondary N) is 1. The minimum atomic E-state index is 0.0487. The molecule has 1 saturated heterocycles. The third kappa shape index (κ3) is 3.66. The Kier molecular flexibility index (Phi) is 4.82. The van der Waals surface area contributed by atoms with Crippen molar-refractivity contribution in [2.75, 3.05) is 6.54 Å². The van der Waals surface area contributed by atoms with Gasteiger partial charge in [0.05, 0.1) is 4.47 Å². The second-order valence-electron chi connectivity index (χ2n) is 4.44. The summed E-state index contributed by atoms with van der Waals surface area (Å²) < 4.78 is 3.32. The highest BCUT2D eigenvalue weighted by molar-refractivity contribution is 9.11. The first kappa shape index (κ1) is 13.3. The molecular formula is C12H16Br2N2O. The van der Waals surface area contributed by atoms with Gasteiger partial charge in [-0.2, -0.15) is 0 Å². The molecule has 0 saturated carbocycles. The number of rotatable bonds is 4. The van der Waals surface area contributed by atoms with Gasteiger partial charge in [-0.25, -0.2) is 0 Å². The first-order valence-corrected chi connectivity index (χ1v) is 7.54. The average molecular weight is 364 g/mol. The van der Waals surface area contributed by atoms with Crippen LogP contribution in [0, 0.1) is 0 Å².